The lowest BCUT2D eigenvalue weighted by Crippen LogP contribution is -2.32. The quantitative estimate of drug-likeness (QED) is 0.849. The van der Waals surface area contributed by atoms with Gasteiger partial charge in [0.1, 0.15) is 5.25 Å². The van der Waals surface area contributed by atoms with Crippen molar-refractivity contribution in [1.29, 1.82) is 0 Å². The molecule has 0 aliphatic carbocycles. The van der Waals surface area contributed by atoms with Crippen molar-refractivity contribution in [3.05, 3.63) is 24.3 Å². The summed E-state index contributed by atoms with van der Waals surface area (Å²) in [7, 11) is -3.82. The highest BCUT2D eigenvalue weighted by molar-refractivity contribution is 8.00. The number of nitrogens with two attached hydrogens (primary N) is 1. The van der Waals surface area contributed by atoms with Gasteiger partial charge in [-0.3, -0.25) is 4.79 Å². The average Bonchev–Trinajstić information content (AvgIpc) is 2.70. The molecule has 1 unspecified atom stereocenters. The summed E-state index contributed by atoms with van der Waals surface area (Å²) in [6.45, 7) is -0.0938. The number of amides is 1. The molecule has 10 heteroatoms. The smallest absolute Gasteiger partial charge is 0.311 e. The maximum absolute atomic E-state index is 12.2. The van der Waals surface area contributed by atoms with Crippen LogP contribution in [0.2, 0.25) is 0 Å². The van der Waals surface area contributed by atoms with E-state index in [4.69, 9.17) is 5.14 Å². The molecule has 1 fully saturated rings. The van der Waals surface area contributed by atoms with Gasteiger partial charge in [-0.2, -0.15) is 13.2 Å². The average molecular weight is 340 g/mol. The van der Waals surface area contributed by atoms with Crippen LogP contribution in [0.25, 0.3) is 0 Å². The van der Waals surface area contributed by atoms with Crippen LogP contribution < -0.4 is 10.0 Å². The van der Waals surface area contributed by atoms with E-state index in [0.29, 0.717) is 5.69 Å². The summed E-state index contributed by atoms with van der Waals surface area (Å²) in [6.07, 6.45) is -0.224. The van der Waals surface area contributed by atoms with E-state index in [0.717, 1.165) is 0 Å². The summed E-state index contributed by atoms with van der Waals surface area (Å²) in [5.74, 6) is -0.426. The van der Waals surface area contributed by atoms with Crippen molar-refractivity contribution in [2.24, 2.45) is 5.14 Å². The maximum Gasteiger partial charge on any atom is 0.446 e. The molecule has 1 aromatic rings. The van der Waals surface area contributed by atoms with Gasteiger partial charge in [0.25, 0.3) is 0 Å². The van der Waals surface area contributed by atoms with Gasteiger partial charge in [0, 0.05) is 23.5 Å². The zero-order chi connectivity index (χ0) is 15.8. The highest BCUT2D eigenvalue weighted by Gasteiger charge is 2.37. The minimum atomic E-state index is -4.39. The molecule has 0 aromatic heterocycles. The molecule has 1 atom stereocenters. The SMILES string of the molecule is NS(=O)(=O)C1CC(=O)N(c2ccc(SC(F)(F)F)cc2)C1. The summed E-state index contributed by atoms with van der Waals surface area (Å²) in [4.78, 5) is 13.0. The van der Waals surface area contributed by atoms with E-state index in [1.165, 1.54) is 29.2 Å². The van der Waals surface area contributed by atoms with Crippen molar-refractivity contribution in [2.75, 3.05) is 11.4 Å². The van der Waals surface area contributed by atoms with Crippen LogP contribution >= 0.6 is 11.8 Å². The summed E-state index contributed by atoms with van der Waals surface area (Å²) < 4.78 is 59.1. The van der Waals surface area contributed by atoms with Gasteiger partial charge < -0.3 is 4.90 Å². The van der Waals surface area contributed by atoms with Gasteiger partial charge in [0.05, 0.1) is 0 Å². The first-order valence-corrected chi connectivity index (χ1v) is 8.16. The number of halogens is 3. The van der Waals surface area contributed by atoms with Gasteiger partial charge >= 0.3 is 5.51 Å². The largest absolute Gasteiger partial charge is 0.446 e. The third-order valence-corrected chi connectivity index (χ3v) is 4.92. The summed E-state index contributed by atoms with van der Waals surface area (Å²) >= 11 is -0.262. The molecular weight excluding hydrogens is 329 g/mol. The summed E-state index contributed by atoms with van der Waals surface area (Å²) in [5, 5.41) is 4.01. The first kappa shape index (κ1) is 16.1. The molecule has 5 nitrogen and oxygen atoms in total. The Morgan fingerprint density at radius 1 is 1.24 bits per heavy atom. The second kappa shape index (κ2) is 5.50. The third kappa shape index (κ3) is 4.11. The van der Waals surface area contributed by atoms with Crippen LogP contribution in [-0.4, -0.2) is 31.6 Å². The van der Waals surface area contributed by atoms with Crippen LogP contribution in [0.3, 0.4) is 0 Å². The van der Waals surface area contributed by atoms with E-state index in [-0.39, 0.29) is 29.6 Å². The van der Waals surface area contributed by atoms with E-state index in [1.807, 2.05) is 0 Å². The van der Waals surface area contributed by atoms with Crippen LogP contribution in [0.5, 0.6) is 0 Å². The van der Waals surface area contributed by atoms with Crippen LogP contribution in [0.1, 0.15) is 6.42 Å². The van der Waals surface area contributed by atoms with Gasteiger partial charge in [0.2, 0.25) is 15.9 Å². The summed E-state index contributed by atoms with van der Waals surface area (Å²) in [5.41, 5.74) is -4.04. The van der Waals surface area contributed by atoms with Gasteiger partial charge in [-0.1, -0.05) is 0 Å². The molecule has 1 aliphatic rings. The Hall–Kier alpha value is -1.26. The lowest BCUT2D eigenvalue weighted by atomic mass is 10.3. The van der Waals surface area contributed by atoms with E-state index < -0.39 is 26.7 Å². The van der Waals surface area contributed by atoms with Gasteiger partial charge in [-0.25, -0.2) is 13.6 Å². The predicted octanol–water partition coefficient (Wildman–Crippen LogP) is 1.69. The minimum absolute atomic E-state index is 0.0131. The number of nitrogens with zero attached hydrogens (tertiary/aromatic N) is 1. The number of carbonyl (C=O) groups is 1. The Balaban J connectivity index is 2.14. The molecule has 116 valence electrons. The van der Waals surface area contributed by atoms with Crippen molar-refractivity contribution in [1.82, 2.24) is 0 Å². The first-order chi connectivity index (χ1) is 9.56. The Kier molecular flexibility index (Phi) is 4.22. The monoisotopic (exact) mass is 340 g/mol. The fourth-order valence-corrected chi connectivity index (χ4v) is 3.24. The molecule has 1 aliphatic heterocycles. The molecule has 1 aromatic carbocycles. The Bertz CT molecular complexity index is 644. The number of hydrogen-bond acceptors (Lipinski definition) is 4. The maximum atomic E-state index is 12.2. The van der Waals surface area contributed by atoms with Crippen molar-refractivity contribution >= 4 is 33.4 Å². The molecule has 0 saturated carbocycles. The number of thioether (sulfide) groups is 1. The van der Waals surface area contributed by atoms with Gasteiger partial charge in [-0.15, -0.1) is 0 Å². The minimum Gasteiger partial charge on any atom is -0.311 e. The van der Waals surface area contributed by atoms with Crippen molar-refractivity contribution < 1.29 is 26.4 Å². The highest BCUT2D eigenvalue weighted by Crippen LogP contribution is 2.37. The number of alkyl halides is 3. The number of benzene rings is 1. The fourth-order valence-electron chi connectivity index (χ4n) is 1.97. The van der Waals surface area contributed by atoms with E-state index in [2.05, 4.69) is 0 Å². The number of anilines is 1. The first-order valence-electron chi connectivity index (χ1n) is 5.74. The third-order valence-electron chi connectivity index (χ3n) is 2.94. The number of rotatable bonds is 3. The Morgan fingerprint density at radius 2 is 1.81 bits per heavy atom. The second-order valence-corrected chi connectivity index (χ2v) is 7.44. The van der Waals surface area contributed by atoms with Crippen molar-refractivity contribution in [3.63, 3.8) is 0 Å². The van der Waals surface area contributed by atoms with Crippen LogP contribution in [0.4, 0.5) is 18.9 Å². The zero-order valence-electron chi connectivity index (χ0n) is 10.5. The molecule has 0 radical (unpaired) electrons. The number of hydrogen-bond donors (Lipinski definition) is 1. The van der Waals surface area contributed by atoms with Gasteiger partial charge in [-0.05, 0) is 36.0 Å². The molecular formula is C11H11F3N2O3S2. The number of sulfonamides is 1. The van der Waals surface area contributed by atoms with Crippen LogP contribution in [-0.2, 0) is 14.8 Å². The number of carbonyl (C=O) groups excluding carboxylic acids is 1. The standard InChI is InChI=1S/C11H11F3N2O3S2/c12-11(13,14)20-8-3-1-7(2-4-8)16-6-9(5-10(16)17)21(15,18)19/h1-4,9H,5-6H2,(H2,15,18,19). The molecule has 21 heavy (non-hydrogen) atoms. The van der Waals surface area contributed by atoms with E-state index >= 15 is 0 Å². The lowest BCUT2D eigenvalue weighted by molar-refractivity contribution is -0.117. The molecule has 0 spiro atoms. The fraction of sp³-hybridized carbons (Fsp3) is 0.364. The lowest BCUT2D eigenvalue weighted by Gasteiger charge is -2.16. The Morgan fingerprint density at radius 3 is 2.24 bits per heavy atom. The van der Waals surface area contributed by atoms with E-state index in [1.54, 1.807) is 0 Å². The van der Waals surface area contributed by atoms with Gasteiger partial charge in [0.15, 0.2) is 0 Å². The molecule has 1 heterocycles. The predicted molar refractivity (Wildman–Crippen MR) is 72.2 cm³/mol. The zero-order valence-corrected chi connectivity index (χ0v) is 12.1. The van der Waals surface area contributed by atoms with E-state index in [9.17, 15) is 26.4 Å². The number of primary sulfonamides is 1. The molecule has 1 amide bonds. The molecule has 2 N–H and O–H groups in total. The normalized spacial score (nSPS) is 20.1. The Labute approximate surface area is 123 Å². The van der Waals surface area contributed by atoms with Crippen molar-refractivity contribution in [3.8, 4) is 0 Å². The molecule has 1 saturated heterocycles. The topological polar surface area (TPSA) is 80.5 Å². The molecule has 0 bridgehead atoms. The van der Waals surface area contributed by atoms with Crippen LogP contribution in [0, 0.1) is 0 Å². The highest BCUT2D eigenvalue weighted by atomic mass is 32.2. The summed E-state index contributed by atoms with van der Waals surface area (Å²) in [6, 6.07) is 5.14. The second-order valence-electron chi connectivity index (χ2n) is 4.46. The van der Waals surface area contributed by atoms with Crippen molar-refractivity contribution in [2.45, 2.75) is 22.1 Å². The molecule has 2 rings (SSSR count). The van der Waals surface area contributed by atoms with Crippen LogP contribution in [0.15, 0.2) is 29.2 Å².